The standard InChI is InChI=1S/4C8H9.Zr/c4*1-7-4-3-5-8(2)6-7;/h4*3-6H,1H2,2H3;. The SMILES string of the molecule is Cc1cccc([CH2][Zr]([CH2]c2cccc(C)c2)([CH2]c2cccc(C)c2)[CH2]c2cccc(C)c2)c1. The van der Waals surface area contributed by atoms with Crippen LogP contribution in [-0.2, 0) is 36.8 Å². The normalized spacial score (nSPS) is 11.5. The van der Waals surface area contributed by atoms with Crippen molar-refractivity contribution in [3.05, 3.63) is 142 Å². The van der Waals surface area contributed by atoms with Gasteiger partial charge in [-0.15, -0.1) is 0 Å². The fourth-order valence-electron chi connectivity index (χ4n) is 5.40. The fourth-order valence-corrected chi connectivity index (χ4v) is 17.9. The van der Waals surface area contributed by atoms with Gasteiger partial charge in [0.05, 0.1) is 0 Å². The first kappa shape index (κ1) is 23.9. The molecule has 0 saturated heterocycles. The second-order valence-electron chi connectivity index (χ2n) is 10.2. The molecule has 0 N–H and O–H groups in total. The van der Waals surface area contributed by atoms with Crippen molar-refractivity contribution >= 4 is 0 Å². The summed E-state index contributed by atoms with van der Waals surface area (Å²) in [7, 11) is 0. The summed E-state index contributed by atoms with van der Waals surface area (Å²) in [6, 6.07) is 37.0. The van der Waals surface area contributed by atoms with Crippen LogP contribution in [0.3, 0.4) is 0 Å². The molecule has 0 aliphatic heterocycles. The zero-order chi connectivity index (χ0) is 23.3. The third-order valence-corrected chi connectivity index (χ3v) is 18.0. The van der Waals surface area contributed by atoms with Gasteiger partial charge >= 0.3 is 206 Å². The molecule has 4 rings (SSSR count). The third-order valence-electron chi connectivity index (χ3n) is 6.65. The van der Waals surface area contributed by atoms with Gasteiger partial charge in [-0.05, 0) is 0 Å². The van der Waals surface area contributed by atoms with E-state index < -0.39 is 20.3 Å². The Morgan fingerprint density at radius 2 is 0.636 bits per heavy atom. The van der Waals surface area contributed by atoms with Gasteiger partial charge in [-0.3, -0.25) is 0 Å². The minimum atomic E-state index is -2.84. The number of rotatable bonds is 8. The topological polar surface area (TPSA) is 0 Å². The number of hydrogen-bond acceptors (Lipinski definition) is 0. The van der Waals surface area contributed by atoms with Crippen LogP contribution in [0.2, 0.25) is 0 Å². The van der Waals surface area contributed by atoms with Gasteiger partial charge in [0.1, 0.15) is 0 Å². The molecule has 0 saturated carbocycles. The minimum absolute atomic E-state index is 1.27. The van der Waals surface area contributed by atoms with Crippen LogP contribution < -0.4 is 0 Å². The van der Waals surface area contributed by atoms with Crippen LogP contribution >= 0.6 is 0 Å². The molecule has 0 aromatic heterocycles. The first-order valence-corrected chi connectivity index (χ1v) is 19.1. The molecule has 1 heteroatoms. The van der Waals surface area contributed by atoms with Crippen molar-refractivity contribution in [3.8, 4) is 0 Å². The van der Waals surface area contributed by atoms with Gasteiger partial charge in [0, 0.05) is 0 Å². The average molecular weight is 512 g/mol. The quantitative estimate of drug-likeness (QED) is 0.224. The van der Waals surface area contributed by atoms with E-state index in [1.165, 1.54) is 61.0 Å². The molecule has 0 heterocycles. The first-order valence-electron chi connectivity index (χ1n) is 12.1. The number of benzene rings is 4. The Labute approximate surface area is 205 Å². The number of hydrogen-bond donors (Lipinski definition) is 0. The molecule has 0 radical (unpaired) electrons. The van der Waals surface area contributed by atoms with E-state index in [9.17, 15) is 0 Å². The molecule has 0 amide bonds. The molecule has 0 aliphatic rings. The van der Waals surface area contributed by atoms with Gasteiger partial charge in [0.25, 0.3) is 0 Å². The summed E-state index contributed by atoms with van der Waals surface area (Å²) in [5.41, 5.74) is 11.6. The first-order chi connectivity index (χ1) is 15.9. The Hall–Kier alpha value is -2.24. The molecule has 0 bridgehead atoms. The maximum absolute atomic E-state index is 2.84. The molecule has 33 heavy (non-hydrogen) atoms. The molecule has 4 aromatic carbocycles. The predicted octanol–water partition coefficient (Wildman–Crippen LogP) is 8.17. The summed E-state index contributed by atoms with van der Waals surface area (Å²) in [4.78, 5) is 0. The summed E-state index contributed by atoms with van der Waals surface area (Å²) < 4.78 is 5.08. The van der Waals surface area contributed by atoms with E-state index in [-0.39, 0.29) is 0 Å². The fraction of sp³-hybridized carbons (Fsp3) is 0.250. The summed E-state index contributed by atoms with van der Waals surface area (Å²) in [5, 5.41) is 0. The van der Waals surface area contributed by atoms with Crippen molar-refractivity contribution in [2.45, 2.75) is 44.2 Å². The summed E-state index contributed by atoms with van der Waals surface area (Å²) in [5.74, 6) is 0. The van der Waals surface area contributed by atoms with Crippen LogP contribution in [0.25, 0.3) is 0 Å². The van der Waals surface area contributed by atoms with Crippen LogP contribution in [-0.4, -0.2) is 0 Å². The van der Waals surface area contributed by atoms with Crippen LogP contribution in [0.5, 0.6) is 0 Å². The number of aryl methyl sites for hydroxylation is 4. The molecule has 0 aliphatic carbocycles. The van der Waals surface area contributed by atoms with Crippen LogP contribution in [0.4, 0.5) is 0 Å². The van der Waals surface area contributed by atoms with E-state index in [1.54, 1.807) is 0 Å². The molecule has 0 fully saturated rings. The Bertz CT molecular complexity index is 1020. The summed E-state index contributed by atoms with van der Waals surface area (Å²) in [6.07, 6.45) is 0. The van der Waals surface area contributed by atoms with Crippen molar-refractivity contribution in [1.29, 1.82) is 0 Å². The van der Waals surface area contributed by atoms with E-state index in [1.807, 2.05) is 0 Å². The second kappa shape index (κ2) is 10.8. The molecule has 4 aromatic rings. The van der Waals surface area contributed by atoms with Gasteiger partial charge in [-0.1, -0.05) is 0 Å². The van der Waals surface area contributed by atoms with E-state index in [0.29, 0.717) is 0 Å². The Morgan fingerprint density at radius 3 is 0.848 bits per heavy atom. The van der Waals surface area contributed by atoms with Crippen LogP contribution in [0.15, 0.2) is 97.1 Å². The van der Waals surface area contributed by atoms with Gasteiger partial charge < -0.3 is 0 Å². The van der Waals surface area contributed by atoms with Gasteiger partial charge in [0.2, 0.25) is 0 Å². The van der Waals surface area contributed by atoms with E-state index >= 15 is 0 Å². The van der Waals surface area contributed by atoms with E-state index in [2.05, 4.69) is 125 Å². The Morgan fingerprint density at radius 1 is 0.394 bits per heavy atom. The molecular weight excluding hydrogens is 476 g/mol. The molecule has 0 nitrogen and oxygen atoms in total. The van der Waals surface area contributed by atoms with Crippen LogP contribution in [0, 0.1) is 27.7 Å². The molecule has 0 atom stereocenters. The summed E-state index contributed by atoms with van der Waals surface area (Å²) in [6.45, 7) is 8.90. The van der Waals surface area contributed by atoms with Crippen molar-refractivity contribution in [1.82, 2.24) is 0 Å². The van der Waals surface area contributed by atoms with Crippen LogP contribution in [0.1, 0.15) is 44.5 Å². The molecular formula is C32H36Zr. The zero-order valence-electron chi connectivity index (χ0n) is 20.6. The Kier molecular flexibility index (Phi) is 7.82. The van der Waals surface area contributed by atoms with Crippen molar-refractivity contribution in [2.75, 3.05) is 0 Å². The van der Waals surface area contributed by atoms with Crippen molar-refractivity contribution in [3.63, 3.8) is 0 Å². The predicted molar refractivity (Wildman–Crippen MR) is 140 cm³/mol. The molecule has 0 spiro atoms. The zero-order valence-corrected chi connectivity index (χ0v) is 23.0. The van der Waals surface area contributed by atoms with Gasteiger partial charge in [0.15, 0.2) is 0 Å². The average Bonchev–Trinajstić information content (AvgIpc) is 2.73. The molecule has 168 valence electrons. The summed E-state index contributed by atoms with van der Waals surface area (Å²) >= 11 is -2.84. The van der Waals surface area contributed by atoms with E-state index in [0.717, 1.165) is 0 Å². The van der Waals surface area contributed by atoms with Gasteiger partial charge in [-0.2, -0.15) is 0 Å². The monoisotopic (exact) mass is 510 g/mol. The third kappa shape index (κ3) is 6.88. The Balaban J connectivity index is 1.81. The molecule has 0 unspecified atom stereocenters. The second-order valence-corrected chi connectivity index (χ2v) is 21.0. The maximum atomic E-state index is 2.42. The van der Waals surface area contributed by atoms with Crippen molar-refractivity contribution in [2.24, 2.45) is 0 Å². The van der Waals surface area contributed by atoms with E-state index in [4.69, 9.17) is 0 Å². The van der Waals surface area contributed by atoms with Crippen molar-refractivity contribution < 1.29 is 20.3 Å². The van der Waals surface area contributed by atoms with Gasteiger partial charge in [-0.25, -0.2) is 0 Å².